The molecule has 7 nitrogen and oxygen atoms in total. The minimum atomic E-state index is -0.575. The van der Waals surface area contributed by atoms with Gasteiger partial charge in [0.1, 0.15) is 22.8 Å². The molecule has 2 aliphatic rings. The van der Waals surface area contributed by atoms with Gasteiger partial charge in [0.05, 0.1) is 12.0 Å². The Morgan fingerprint density at radius 3 is 2.66 bits per heavy atom. The lowest BCUT2D eigenvalue weighted by Crippen LogP contribution is -2.37. The van der Waals surface area contributed by atoms with Gasteiger partial charge in [-0.1, -0.05) is 24.3 Å². The Morgan fingerprint density at radius 2 is 1.86 bits per heavy atom. The third-order valence-corrected chi connectivity index (χ3v) is 7.19. The van der Waals surface area contributed by atoms with E-state index in [1.807, 2.05) is 24.3 Å². The zero-order valence-electron chi connectivity index (χ0n) is 19.3. The lowest BCUT2D eigenvalue weighted by molar-refractivity contribution is 0.224. The SMILES string of the molecule is OCCCOc1nc(N2CC3CCC(C3)C2)c2cnc(-c3cc(O)cc4ccccc34)c(F)c2n1. The molecule has 35 heavy (non-hydrogen) atoms. The molecule has 1 saturated heterocycles. The summed E-state index contributed by atoms with van der Waals surface area (Å²) in [6, 6.07) is 10.8. The first-order valence-electron chi connectivity index (χ1n) is 12.2. The molecule has 180 valence electrons. The highest BCUT2D eigenvalue weighted by molar-refractivity contribution is 5.99. The Labute approximate surface area is 202 Å². The molecular weight excluding hydrogens is 447 g/mol. The van der Waals surface area contributed by atoms with Crippen molar-refractivity contribution in [3.8, 4) is 23.0 Å². The van der Waals surface area contributed by atoms with E-state index in [9.17, 15) is 5.11 Å². The van der Waals surface area contributed by atoms with Crippen molar-refractivity contribution in [1.82, 2.24) is 15.0 Å². The number of fused-ring (bicyclic) bond motifs is 4. The van der Waals surface area contributed by atoms with Gasteiger partial charge < -0.3 is 19.8 Å². The highest BCUT2D eigenvalue weighted by Crippen LogP contribution is 2.41. The van der Waals surface area contributed by atoms with Gasteiger partial charge in [0.15, 0.2) is 5.82 Å². The quantitative estimate of drug-likeness (QED) is 0.392. The van der Waals surface area contributed by atoms with Crippen LogP contribution in [0.3, 0.4) is 0 Å². The average Bonchev–Trinajstić information content (AvgIpc) is 3.21. The molecule has 2 atom stereocenters. The summed E-state index contributed by atoms with van der Waals surface area (Å²) in [5.74, 6) is 1.35. The number of aliphatic hydroxyl groups excluding tert-OH is 1. The van der Waals surface area contributed by atoms with E-state index in [0.29, 0.717) is 35.0 Å². The maximum Gasteiger partial charge on any atom is 0.319 e. The molecule has 2 N–H and O–H groups in total. The molecule has 0 spiro atoms. The molecule has 2 aromatic carbocycles. The van der Waals surface area contributed by atoms with Gasteiger partial charge in [0.25, 0.3) is 0 Å². The average molecular weight is 475 g/mol. The van der Waals surface area contributed by atoms with Gasteiger partial charge in [0, 0.05) is 37.9 Å². The number of nitrogens with zero attached hydrogens (tertiary/aromatic N) is 4. The van der Waals surface area contributed by atoms with Gasteiger partial charge >= 0.3 is 6.01 Å². The van der Waals surface area contributed by atoms with E-state index >= 15 is 4.39 Å². The Kier molecular flexibility index (Phi) is 5.60. The molecule has 0 radical (unpaired) electrons. The number of hydrogen-bond acceptors (Lipinski definition) is 7. The number of benzene rings is 2. The fourth-order valence-corrected chi connectivity index (χ4v) is 5.61. The molecule has 8 heteroatoms. The summed E-state index contributed by atoms with van der Waals surface area (Å²) >= 11 is 0. The van der Waals surface area contributed by atoms with Crippen molar-refractivity contribution in [1.29, 1.82) is 0 Å². The van der Waals surface area contributed by atoms with Gasteiger partial charge in [-0.25, -0.2) is 4.39 Å². The Hall–Kier alpha value is -3.52. The molecule has 2 unspecified atom stereocenters. The van der Waals surface area contributed by atoms with Gasteiger partial charge in [-0.2, -0.15) is 9.97 Å². The smallest absolute Gasteiger partial charge is 0.319 e. The van der Waals surface area contributed by atoms with E-state index < -0.39 is 5.82 Å². The molecule has 2 aromatic heterocycles. The van der Waals surface area contributed by atoms with E-state index in [1.54, 1.807) is 12.3 Å². The molecule has 3 heterocycles. The zero-order valence-corrected chi connectivity index (χ0v) is 19.3. The monoisotopic (exact) mass is 474 g/mol. The van der Waals surface area contributed by atoms with Crippen molar-refractivity contribution in [2.24, 2.45) is 11.8 Å². The molecule has 2 fully saturated rings. The molecular formula is C27H27FN4O3. The van der Waals surface area contributed by atoms with E-state index in [-0.39, 0.29) is 36.2 Å². The highest BCUT2D eigenvalue weighted by atomic mass is 19.1. The standard InChI is InChI=1S/C27H27FN4O3/c28-23-24(21-12-19(34)11-18-4-1-2-5-20(18)21)29-13-22-25(23)30-27(35-9-3-8-33)31-26(22)32-14-16-6-7-17(10-16)15-32/h1-2,4-5,11-13,16-17,33-34H,3,6-10,14-15H2. The normalized spacial score (nSPS) is 19.5. The Balaban J connectivity index is 1.52. The first-order valence-corrected chi connectivity index (χ1v) is 12.2. The Morgan fingerprint density at radius 1 is 1.06 bits per heavy atom. The first kappa shape index (κ1) is 22.0. The largest absolute Gasteiger partial charge is 0.508 e. The van der Waals surface area contributed by atoms with Gasteiger partial charge in [0.2, 0.25) is 0 Å². The van der Waals surface area contributed by atoms with E-state index in [4.69, 9.17) is 9.84 Å². The lowest BCUT2D eigenvalue weighted by atomic mass is 9.98. The third-order valence-electron chi connectivity index (χ3n) is 7.19. The number of hydrogen-bond donors (Lipinski definition) is 2. The summed E-state index contributed by atoms with van der Waals surface area (Å²) in [5.41, 5.74) is 0.762. The highest BCUT2D eigenvalue weighted by Gasteiger charge is 2.34. The number of phenolic OH excluding ortho intramolecular Hbond substituents is 1. The van der Waals surface area contributed by atoms with Gasteiger partial charge in [-0.05, 0) is 54.0 Å². The van der Waals surface area contributed by atoms with Crippen molar-refractivity contribution in [3.05, 3.63) is 48.4 Å². The van der Waals surface area contributed by atoms with Crippen LogP contribution in [0.25, 0.3) is 32.9 Å². The van der Waals surface area contributed by atoms with Crippen LogP contribution < -0.4 is 9.64 Å². The van der Waals surface area contributed by atoms with Gasteiger partial charge in [-0.15, -0.1) is 0 Å². The predicted molar refractivity (Wildman–Crippen MR) is 132 cm³/mol. The fourth-order valence-electron chi connectivity index (χ4n) is 5.61. The number of aromatic hydroxyl groups is 1. The summed E-state index contributed by atoms with van der Waals surface area (Å²) < 4.78 is 21.9. The molecule has 1 aliphatic carbocycles. The number of aliphatic hydroxyl groups is 1. The second-order valence-corrected chi connectivity index (χ2v) is 9.60. The number of halogens is 1. The van der Waals surface area contributed by atoms with E-state index in [0.717, 1.165) is 23.9 Å². The summed E-state index contributed by atoms with van der Waals surface area (Å²) in [6.07, 6.45) is 5.73. The van der Waals surface area contributed by atoms with E-state index in [2.05, 4.69) is 19.9 Å². The summed E-state index contributed by atoms with van der Waals surface area (Å²) in [4.78, 5) is 15.8. The number of piperidine rings is 1. The number of phenols is 1. The molecule has 2 bridgehead atoms. The number of rotatable bonds is 6. The van der Waals surface area contributed by atoms with Crippen LogP contribution >= 0.6 is 0 Å². The fraction of sp³-hybridized carbons (Fsp3) is 0.370. The number of pyridine rings is 1. The third kappa shape index (κ3) is 4.01. The minimum Gasteiger partial charge on any atom is -0.508 e. The topological polar surface area (TPSA) is 91.6 Å². The van der Waals surface area contributed by atoms with Crippen LogP contribution in [0, 0.1) is 17.7 Å². The number of anilines is 1. The molecule has 6 rings (SSSR count). The van der Waals surface area contributed by atoms with Crippen molar-refractivity contribution in [2.45, 2.75) is 25.7 Å². The van der Waals surface area contributed by atoms with Crippen LogP contribution in [0.1, 0.15) is 25.7 Å². The molecule has 1 aliphatic heterocycles. The van der Waals surface area contributed by atoms with Crippen LogP contribution in [-0.2, 0) is 0 Å². The van der Waals surface area contributed by atoms with Crippen molar-refractivity contribution >= 4 is 27.5 Å². The Bertz CT molecular complexity index is 1400. The van der Waals surface area contributed by atoms with Crippen molar-refractivity contribution in [3.63, 3.8) is 0 Å². The molecule has 4 aromatic rings. The van der Waals surface area contributed by atoms with Crippen LogP contribution in [0.15, 0.2) is 42.6 Å². The van der Waals surface area contributed by atoms with E-state index in [1.165, 1.54) is 25.3 Å². The second-order valence-electron chi connectivity index (χ2n) is 9.60. The van der Waals surface area contributed by atoms with Gasteiger partial charge in [-0.3, -0.25) is 4.98 Å². The van der Waals surface area contributed by atoms with Crippen molar-refractivity contribution in [2.75, 3.05) is 31.2 Å². The van der Waals surface area contributed by atoms with Crippen molar-refractivity contribution < 1.29 is 19.3 Å². The first-order chi connectivity index (χ1) is 17.1. The zero-order chi connectivity index (χ0) is 23.9. The second kappa shape index (κ2) is 8.92. The van der Waals surface area contributed by atoms with Crippen LogP contribution in [0.4, 0.5) is 10.2 Å². The maximum absolute atomic E-state index is 16.1. The summed E-state index contributed by atoms with van der Waals surface area (Å²) in [7, 11) is 0. The minimum absolute atomic E-state index is 0.0110. The summed E-state index contributed by atoms with van der Waals surface area (Å²) in [5, 5.41) is 21.6. The van der Waals surface area contributed by atoms with Crippen LogP contribution in [0.2, 0.25) is 0 Å². The van der Waals surface area contributed by atoms with Crippen LogP contribution in [0.5, 0.6) is 11.8 Å². The molecule has 0 amide bonds. The maximum atomic E-state index is 16.1. The molecule has 1 saturated carbocycles. The number of ether oxygens (including phenoxy) is 1. The van der Waals surface area contributed by atoms with Crippen LogP contribution in [-0.4, -0.2) is 51.5 Å². The summed E-state index contributed by atoms with van der Waals surface area (Å²) in [6.45, 7) is 1.98. The number of aromatic nitrogens is 3. The lowest BCUT2D eigenvalue weighted by Gasteiger charge is -2.33. The predicted octanol–water partition coefficient (Wildman–Crippen LogP) is 4.69.